The number of halogens is 2. The molecule has 0 bridgehead atoms. The summed E-state index contributed by atoms with van der Waals surface area (Å²) >= 11 is 5.48. The molecule has 5 nitrogen and oxygen atoms in total. The van der Waals surface area contributed by atoms with Gasteiger partial charge in [-0.15, -0.1) is 0 Å². The number of benzene rings is 1. The van der Waals surface area contributed by atoms with Crippen LogP contribution in [0, 0.1) is 5.82 Å². The van der Waals surface area contributed by atoms with E-state index in [-0.39, 0.29) is 15.7 Å². The quantitative estimate of drug-likeness (QED) is 0.900. The van der Waals surface area contributed by atoms with E-state index in [1.807, 2.05) is 0 Å². The molecule has 1 aromatic carbocycles. The summed E-state index contributed by atoms with van der Waals surface area (Å²) in [6.45, 7) is 0. The van der Waals surface area contributed by atoms with E-state index in [0.717, 1.165) is 6.07 Å². The summed E-state index contributed by atoms with van der Waals surface area (Å²) in [6, 6.07) is 4.91. The van der Waals surface area contributed by atoms with Gasteiger partial charge in [0.05, 0.1) is 16.9 Å². The van der Waals surface area contributed by atoms with Gasteiger partial charge >= 0.3 is 0 Å². The van der Waals surface area contributed by atoms with Crippen LogP contribution in [0.2, 0.25) is 5.02 Å². The summed E-state index contributed by atoms with van der Waals surface area (Å²) in [5.41, 5.74) is 0.0847. The first kappa shape index (κ1) is 11.9. The van der Waals surface area contributed by atoms with Crippen LogP contribution in [0.4, 0.5) is 10.1 Å². The lowest BCUT2D eigenvalue weighted by atomic mass is 10.3. The lowest BCUT2D eigenvalue weighted by molar-refractivity contribution is 0.597. The van der Waals surface area contributed by atoms with Gasteiger partial charge in [0.25, 0.3) is 10.0 Å². The summed E-state index contributed by atoms with van der Waals surface area (Å²) in [5, 5.41) is 5.65. The number of hydrogen-bond acceptors (Lipinski definition) is 3. The van der Waals surface area contributed by atoms with Crippen molar-refractivity contribution in [2.24, 2.45) is 0 Å². The van der Waals surface area contributed by atoms with Crippen molar-refractivity contribution < 1.29 is 12.8 Å². The van der Waals surface area contributed by atoms with E-state index in [0.29, 0.717) is 0 Å². The van der Waals surface area contributed by atoms with Crippen LogP contribution in [0.3, 0.4) is 0 Å². The van der Waals surface area contributed by atoms with E-state index in [4.69, 9.17) is 11.6 Å². The second-order valence-electron chi connectivity index (χ2n) is 3.16. The van der Waals surface area contributed by atoms with Crippen LogP contribution in [0.25, 0.3) is 0 Å². The van der Waals surface area contributed by atoms with Crippen LogP contribution in [0.1, 0.15) is 0 Å². The largest absolute Gasteiger partial charge is 0.278 e. The Morgan fingerprint density at radius 3 is 2.71 bits per heavy atom. The van der Waals surface area contributed by atoms with Crippen LogP contribution in [0.15, 0.2) is 35.5 Å². The van der Waals surface area contributed by atoms with Gasteiger partial charge in [0, 0.05) is 0 Å². The summed E-state index contributed by atoms with van der Waals surface area (Å²) in [7, 11) is -3.78. The number of hydrogen-bond donors (Lipinski definition) is 2. The van der Waals surface area contributed by atoms with E-state index >= 15 is 0 Å². The minimum absolute atomic E-state index is 0.0745. The SMILES string of the molecule is O=S(=O)(Nc1ccc(Cl)c(F)c1)c1ccn[nH]1. The zero-order chi connectivity index (χ0) is 12.5. The molecule has 1 heterocycles. The van der Waals surface area contributed by atoms with Crippen LogP contribution < -0.4 is 4.72 Å². The molecule has 2 aromatic rings. The molecule has 17 heavy (non-hydrogen) atoms. The van der Waals surface area contributed by atoms with Crippen molar-refractivity contribution in [1.82, 2.24) is 10.2 Å². The maximum absolute atomic E-state index is 13.1. The highest BCUT2D eigenvalue weighted by molar-refractivity contribution is 7.92. The van der Waals surface area contributed by atoms with Gasteiger partial charge in [-0.3, -0.25) is 9.82 Å². The fourth-order valence-electron chi connectivity index (χ4n) is 1.16. The first-order valence-corrected chi connectivity index (χ1v) is 6.32. The molecule has 2 N–H and O–H groups in total. The van der Waals surface area contributed by atoms with Crippen molar-refractivity contribution in [3.63, 3.8) is 0 Å². The predicted molar refractivity (Wildman–Crippen MR) is 60.8 cm³/mol. The second kappa shape index (κ2) is 4.34. The maximum atomic E-state index is 13.1. The molecular weight excluding hydrogens is 269 g/mol. The zero-order valence-corrected chi connectivity index (χ0v) is 9.89. The Labute approximate surface area is 102 Å². The molecule has 0 unspecified atom stereocenters. The smallest absolute Gasteiger partial charge is 0.278 e. The van der Waals surface area contributed by atoms with E-state index in [9.17, 15) is 12.8 Å². The number of aromatic nitrogens is 2. The third kappa shape index (κ3) is 2.56. The van der Waals surface area contributed by atoms with E-state index < -0.39 is 15.8 Å². The Hall–Kier alpha value is -1.60. The topological polar surface area (TPSA) is 74.8 Å². The first-order valence-electron chi connectivity index (χ1n) is 4.46. The van der Waals surface area contributed by atoms with Gasteiger partial charge in [0.1, 0.15) is 5.82 Å². The molecule has 0 saturated carbocycles. The molecule has 0 amide bonds. The third-order valence-corrected chi connectivity index (χ3v) is 3.55. The predicted octanol–water partition coefficient (Wildman–Crippen LogP) is 2.00. The normalized spacial score (nSPS) is 11.4. The fraction of sp³-hybridized carbons (Fsp3) is 0. The van der Waals surface area contributed by atoms with Gasteiger partial charge in [0.15, 0.2) is 5.03 Å². The molecule has 0 aliphatic heterocycles. The highest BCUT2D eigenvalue weighted by atomic mass is 35.5. The number of sulfonamides is 1. The number of H-pyrrole nitrogens is 1. The third-order valence-electron chi connectivity index (χ3n) is 1.94. The zero-order valence-electron chi connectivity index (χ0n) is 8.31. The molecule has 2 rings (SSSR count). The average molecular weight is 276 g/mol. The monoisotopic (exact) mass is 275 g/mol. The van der Waals surface area contributed by atoms with Crippen LogP contribution in [0.5, 0.6) is 0 Å². The second-order valence-corrected chi connectivity index (χ2v) is 5.21. The molecule has 0 fully saturated rings. The maximum Gasteiger partial charge on any atom is 0.278 e. The van der Waals surface area contributed by atoms with Crippen molar-refractivity contribution >= 4 is 27.3 Å². The Balaban J connectivity index is 2.30. The lowest BCUT2D eigenvalue weighted by Gasteiger charge is -2.06. The Morgan fingerprint density at radius 2 is 2.12 bits per heavy atom. The molecule has 1 aromatic heterocycles. The van der Waals surface area contributed by atoms with Crippen molar-refractivity contribution in [3.8, 4) is 0 Å². The van der Waals surface area contributed by atoms with Gasteiger partial charge in [-0.1, -0.05) is 11.6 Å². The number of rotatable bonds is 3. The summed E-state index contributed by atoms with van der Waals surface area (Å²) in [5.74, 6) is -0.698. The minimum Gasteiger partial charge on any atom is -0.278 e. The van der Waals surface area contributed by atoms with Crippen LogP contribution >= 0.6 is 11.6 Å². The van der Waals surface area contributed by atoms with E-state index in [2.05, 4.69) is 14.9 Å². The Bertz CT molecular complexity index is 628. The van der Waals surface area contributed by atoms with Gasteiger partial charge in [-0.05, 0) is 24.3 Å². The molecule has 8 heteroatoms. The molecule has 0 radical (unpaired) electrons. The minimum atomic E-state index is -3.78. The molecule has 0 aliphatic rings. The van der Waals surface area contributed by atoms with Crippen molar-refractivity contribution in [3.05, 3.63) is 41.3 Å². The fourth-order valence-corrected chi connectivity index (χ4v) is 2.24. The molecular formula is C9H7ClFN3O2S. The molecule has 0 spiro atoms. The standard InChI is InChI=1S/C9H7ClFN3O2S/c10-7-2-1-6(5-8(7)11)14-17(15,16)9-3-4-12-13-9/h1-5,14H,(H,12,13). The van der Waals surface area contributed by atoms with Gasteiger partial charge < -0.3 is 0 Å². The van der Waals surface area contributed by atoms with Gasteiger partial charge in [-0.25, -0.2) is 4.39 Å². The van der Waals surface area contributed by atoms with E-state index in [1.54, 1.807) is 0 Å². The highest BCUT2D eigenvalue weighted by Gasteiger charge is 2.15. The first-order chi connectivity index (χ1) is 7.99. The van der Waals surface area contributed by atoms with Gasteiger partial charge in [-0.2, -0.15) is 13.5 Å². The number of nitrogens with zero attached hydrogens (tertiary/aromatic N) is 1. The molecule has 0 saturated heterocycles. The number of anilines is 1. The number of nitrogens with one attached hydrogen (secondary N) is 2. The highest BCUT2D eigenvalue weighted by Crippen LogP contribution is 2.20. The van der Waals surface area contributed by atoms with Crippen molar-refractivity contribution in [2.75, 3.05) is 4.72 Å². The number of aromatic amines is 1. The molecule has 90 valence electrons. The van der Waals surface area contributed by atoms with Crippen molar-refractivity contribution in [2.45, 2.75) is 5.03 Å². The van der Waals surface area contributed by atoms with Gasteiger partial charge in [0.2, 0.25) is 0 Å². The summed E-state index contributed by atoms with van der Waals surface area (Å²) in [6.07, 6.45) is 1.30. The average Bonchev–Trinajstić information content (AvgIpc) is 2.77. The Morgan fingerprint density at radius 1 is 1.35 bits per heavy atom. The lowest BCUT2D eigenvalue weighted by Crippen LogP contribution is -2.13. The van der Waals surface area contributed by atoms with Crippen molar-refractivity contribution in [1.29, 1.82) is 0 Å². The summed E-state index contributed by atoms with van der Waals surface area (Å²) in [4.78, 5) is 0. The Kier molecular flexibility index (Phi) is 3.03. The van der Waals surface area contributed by atoms with E-state index in [1.165, 1.54) is 24.4 Å². The van der Waals surface area contributed by atoms with Crippen LogP contribution in [-0.2, 0) is 10.0 Å². The molecule has 0 aliphatic carbocycles. The molecule has 0 atom stereocenters. The van der Waals surface area contributed by atoms with Crippen LogP contribution in [-0.4, -0.2) is 18.6 Å². The summed E-state index contributed by atoms with van der Waals surface area (Å²) < 4.78 is 38.7.